The zero-order chi connectivity index (χ0) is 12.3. The maximum atomic E-state index is 5.57. The third-order valence-corrected chi connectivity index (χ3v) is 2.88. The number of methoxy groups -OCH3 is 1. The predicted octanol–water partition coefficient (Wildman–Crippen LogP) is 2.44. The number of aromatic nitrogens is 1. The lowest BCUT2D eigenvalue weighted by Crippen LogP contribution is -2.01. The van der Waals surface area contributed by atoms with E-state index in [1.165, 1.54) is 10.9 Å². The quantitative estimate of drug-likeness (QED) is 0.877. The molecule has 0 aliphatic rings. The lowest BCUT2D eigenvalue weighted by atomic mass is 10.0. The second-order valence-corrected chi connectivity index (χ2v) is 4.20. The highest BCUT2D eigenvalue weighted by atomic mass is 16.5. The summed E-state index contributed by atoms with van der Waals surface area (Å²) in [4.78, 5) is 4.53. The average Bonchev–Trinajstić information content (AvgIpc) is 2.35. The van der Waals surface area contributed by atoms with Crippen molar-refractivity contribution in [2.75, 3.05) is 13.7 Å². The second kappa shape index (κ2) is 5.15. The number of hydrogen-bond acceptors (Lipinski definition) is 3. The number of rotatable bonds is 4. The number of hydrogen-bond donors (Lipinski definition) is 1. The van der Waals surface area contributed by atoms with Crippen LogP contribution >= 0.6 is 0 Å². The van der Waals surface area contributed by atoms with Crippen LogP contribution in [0.1, 0.15) is 17.7 Å². The van der Waals surface area contributed by atoms with E-state index in [0.717, 1.165) is 29.8 Å². The van der Waals surface area contributed by atoms with Gasteiger partial charge in [-0.3, -0.25) is 4.98 Å². The third kappa shape index (κ3) is 2.56. The molecule has 0 unspecified atom stereocenters. The maximum Gasteiger partial charge on any atom is 0.119 e. The molecule has 3 heteroatoms. The van der Waals surface area contributed by atoms with Gasteiger partial charge in [-0.2, -0.15) is 0 Å². The molecule has 0 saturated heterocycles. The van der Waals surface area contributed by atoms with Gasteiger partial charge < -0.3 is 10.5 Å². The largest absolute Gasteiger partial charge is 0.497 e. The van der Waals surface area contributed by atoms with Crippen LogP contribution in [0.3, 0.4) is 0 Å². The summed E-state index contributed by atoms with van der Waals surface area (Å²) in [6.07, 6.45) is 1.99. The van der Waals surface area contributed by atoms with Crippen LogP contribution in [0.15, 0.2) is 24.3 Å². The van der Waals surface area contributed by atoms with Crippen LogP contribution in [0, 0.1) is 6.92 Å². The standard InChI is InChI=1S/C14H18N2O/c1-10-8-11(4-3-7-15)13-9-12(17-2)5-6-14(13)16-10/h5-6,8-9H,3-4,7,15H2,1-2H3. The molecule has 2 aromatic rings. The number of pyridine rings is 1. The Kier molecular flexibility index (Phi) is 3.59. The molecule has 0 saturated carbocycles. The monoisotopic (exact) mass is 230 g/mol. The van der Waals surface area contributed by atoms with Gasteiger partial charge in [-0.25, -0.2) is 0 Å². The van der Waals surface area contributed by atoms with Crippen LogP contribution in [-0.4, -0.2) is 18.6 Å². The van der Waals surface area contributed by atoms with Crippen LogP contribution in [-0.2, 0) is 6.42 Å². The maximum absolute atomic E-state index is 5.57. The van der Waals surface area contributed by atoms with E-state index in [0.29, 0.717) is 6.54 Å². The first kappa shape index (κ1) is 11.9. The first-order valence-corrected chi connectivity index (χ1v) is 5.89. The van der Waals surface area contributed by atoms with Crippen molar-refractivity contribution < 1.29 is 4.74 Å². The van der Waals surface area contributed by atoms with Gasteiger partial charge in [0.2, 0.25) is 0 Å². The third-order valence-electron chi connectivity index (χ3n) is 2.88. The first-order valence-electron chi connectivity index (χ1n) is 5.89. The summed E-state index contributed by atoms with van der Waals surface area (Å²) in [6.45, 7) is 2.74. The van der Waals surface area contributed by atoms with E-state index in [-0.39, 0.29) is 0 Å². The molecule has 0 radical (unpaired) electrons. The van der Waals surface area contributed by atoms with Crippen molar-refractivity contribution in [1.82, 2.24) is 4.98 Å². The smallest absolute Gasteiger partial charge is 0.119 e. The van der Waals surface area contributed by atoms with Gasteiger partial charge in [-0.05, 0) is 56.1 Å². The Labute approximate surface area is 102 Å². The van der Waals surface area contributed by atoms with E-state index < -0.39 is 0 Å². The van der Waals surface area contributed by atoms with Gasteiger partial charge >= 0.3 is 0 Å². The van der Waals surface area contributed by atoms with E-state index in [4.69, 9.17) is 10.5 Å². The van der Waals surface area contributed by atoms with Gasteiger partial charge in [0, 0.05) is 11.1 Å². The van der Waals surface area contributed by atoms with Gasteiger partial charge in [0.05, 0.1) is 12.6 Å². The summed E-state index contributed by atoms with van der Waals surface area (Å²) in [6, 6.07) is 8.14. The zero-order valence-corrected chi connectivity index (χ0v) is 10.4. The number of fused-ring (bicyclic) bond motifs is 1. The minimum Gasteiger partial charge on any atom is -0.497 e. The van der Waals surface area contributed by atoms with Gasteiger partial charge in [0.1, 0.15) is 5.75 Å². The van der Waals surface area contributed by atoms with Crippen molar-refractivity contribution in [3.05, 3.63) is 35.5 Å². The molecule has 0 amide bonds. The van der Waals surface area contributed by atoms with Crippen LogP contribution in [0.25, 0.3) is 10.9 Å². The predicted molar refractivity (Wildman–Crippen MR) is 70.4 cm³/mol. The number of nitrogens with zero attached hydrogens (tertiary/aromatic N) is 1. The highest BCUT2D eigenvalue weighted by Gasteiger charge is 2.05. The number of ether oxygens (including phenoxy) is 1. The molecule has 1 aromatic heterocycles. The van der Waals surface area contributed by atoms with Crippen molar-refractivity contribution >= 4 is 10.9 Å². The molecular weight excluding hydrogens is 212 g/mol. The Balaban J connectivity index is 2.53. The fourth-order valence-corrected chi connectivity index (χ4v) is 2.05. The van der Waals surface area contributed by atoms with Crippen LogP contribution in [0.2, 0.25) is 0 Å². The van der Waals surface area contributed by atoms with Crippen LogP contribution in [0.5, 0.6) is 5.75 Å². The van der Waals surface area contributed by atoms with Crippen LogP contribution in [0.4, 0.5) is 0 Å². The molecule has 0 fully saturated rings. The number of aryl methyl sites for hydroxylation is 2. The van der Waals surface area contributed by atoms with E-state index in [1.807, 2.05) is 25.1 Å². The molecule has 0 bridgehead atoms. The Morgan fingerprint density at radius 3 is 2.82 bits per heavy atom. The van der Waals surface area contributed by atoms with Gasteiger partial charge in [0.15, 0.2) is 0 Å². The molecule has 3 nitrogen and oxygen atoms in total. The lowest BCUT2D eigenvalue weighted by molar-refractivity contribution is 0.415. The molecule has 17 heavy (non-hydrogen) atoms. The highest BCUT2D eigenvalue weighted by molar-refractivity contribution is 5.83. The Bertz CT molecular complexity index is 523. The fourth-order valence-electron chi connectivity index (χ4n) is 2.05. The normalized spacial score (nSPS) is 10.8. The van der Waals surface area contributed by atoms with E-state index >= 15 is 0 Å². The molecule has 1 heterocycles. The van der Waals surface area contributed by atoms with Crippen molar-refractivity contribution in [2.24, 2.45) is 5.73 Å². The lowest BCUT2D eigenvalue weighted by Gasteiger charge is -2.09. The van der Waals surface area contributed by atoms with Crippen molar-refractivity contribution in [3.63, 3.8) is 0 Å². The Morgan fingerprint density at radius 2 is 2.12 bits per heavy atom. The Morgan fingerprint density at radius 1 is 1.29 bits per heavy atom. The highest BCUT2D eigenvalue weighted by Crippen LogP contribution is 2.24. The molecule has 1 aromatic carbocycles. The van der Waals surface area contributed by atoms with Gasteiger partial charge in [-0.15, -0.1) is 0 Å². The minimum absolute atomic E-state index is 0.715. The van der Waals surface area contributed by atoms with E-state index in [9.17, 15) is 0 Å². The SMILES string of the molecule is COc1ccc2nc(C)cc(CCCN)c2c1. The molecule has 2 N–H and O–H groups in total. The molecule has 0 aliphatic carbocycles. The van der Waals surface area contributed by atoms with Gasteiger partial charge in [-0.1, -0.05) is 0 Å². The molecular formula is C14H18N2O. The first-order chi connectivity index (χ1) is 8.24. The molecule has 90 valence electrons. The molecule has 2 rings (SSSR count). The summed E-state index contributed by atoms with van der Waals surface area (Å²) in [5.74, 6) is 0.872. The summed E-state index contributed by atoms with van der Waals surface area (Å²) in [5.41, 5.74) is 8.95. The summed E-state index contributed by atoms with van der Waals surface area (Å²) < 4.78 is 5.26. The van der Waals surface area contributed by atoms with Crippen molar-refractivity contribution in [2.45, 2.75) is 19.8 Å². The summed E-state index contributed by atoms with van der Waals surface area (Å²) in [5, 5.41) is 1.17. The topological polar surface area (TPSA) is 48.1 Å². The second-order valence-electron chi connectivity index (χ2n) is 4.20. The number of nitrogens with two attached hydrogens (primary N) is 1. The van der Waals surface area contributed by atoms with Crippen molar-refractivity contribution in [3.8, 4) is 5.75 Å². The Hall–Kier alpha value is -1.61. The van der Waals surface area contributed by atoms with Crippen molar-refractivity contribution in [1.29, 1.82) is 0 Å². The summed E-state index contributed by atoms with van der Waals surface area (Å²) >= 11 is 0. The average molecular weight is 230 g/mol. The minimum atomic E-state index is 0.715. The molecule has 0 aliphatic heterocycles. The zero-order valence-electron chi connectivity index (χ0n) is 10.4. The van der Waals surface area contributed by atoms with Crippen LogP contribution < -0.4 is 10.5 Å². The van der Waals surface area contributed by atoms with E-state index in [2.05, 4.69) is 11.1 Å². The molecule has 0 spiro atoms. The fraction of sp³-hybridized carbons (Fsp3) is 0.357. The van der Waals surface area contributed by atoms with Gasteiger partial charge in [0.25, 0.3) is 0 Å². The summed E-state index contributed by atoms with van der Waals surface area (Å²) in [7, 11) is 1.68. The molecule has 0 atom stereocenters. The number of benzene rings is 1. The van der Waals surface area contributed by atoms with E-state index in [1.54, 1.807) is 7.11 Å².